The largest absolute Gasteiger partial charge is 0.573 e. The van der Waals surface area contributed by atoms with Gasteiger partial charge in [-0.25, -0.2) is 0 Å². The Hall–Kier alpha value is -1.31. The van der Waals surface area contributed by atoms with Crippen molar-refractivity contribution in [2.45, 2.75) is 25.7 Å². The molecule has 1 rings (SSSR count). The number of rotatable bonds is 7. The molecule has 4 nitrogen and oxygen atoms in total. The van der Waals surface area contributed by atoms with Crippen LogP contribution in [0.15, 0.2) is 24.3 Å². The van der Waals surface area contributed by atoms with Crippen LogP contribution in [0.25, 0.3) is 0 Å². The highest BCUT2D eigenvalue weighted by atomic mass is 19.4. The minimum atomic E-state index is -4.67. The molecular weight excluding hydrogens is 261 g/mol. The van der Waals surface area contributed by atoms with Crippen LogP contribution >= 0.6 is 0 Å². The summed E-state index contributed by atoms with van der Waals surface area (Å²) < 4.78 is 45.0. The quantitative estimate of drug-likeness (QED) is 0.591. The zero-order valence-electron chi connectivity index (χ0n) is 10.5. The molecule has 0 spiro atoms. The molecule has 0 radical (unpaired) electrons. The van der Waals surface area contributed by atoms with Crippen LogP contribution < -0.4 is 16.0 Å². The van der Waals surface area contributed by atoms with Crippen LogP contribution in [0.5, 0.6) is 5.75 Å². The maximum atomic E-state index is 12.0. The van der Waals surface area contributed by atoms with Crippen molar-refractivity contribution in [1.82, 2.24) is 5.43 Å². The third kappa shape index (κ3) is 6.42. The summed E-state index contributed by atoms with van der Waals surface area (Å²) in [6, 6.07) is 5.59. The molecule has 1 aromatic rings. The smallest absolute Gasteiger partial charge is 0.406 e. The molecule has 0 bridgehead atoms. The second-order valence-electron chi connectivity index (χ2n) is 3.92. The van der Waals surface area contributed by atoms with E-state index >= 15 is 0 Å². The van der Waals surface area contributed by atoms with Crippen LogP contribution in [0.1, 0.15) is 12.5 Å². The molecule has 7 heteroatoms. The van der Waals surface area contributed by atoms with E-state index in [1.54, 1.807) is 12.1 Å². The number of nitrogens with two attached hydrogens (primary N) is 1. The van der Waals surface area contributed by atoms with Gasteiger partial charge in [0.2, 0.25) is 0 Å². The van der Waals surface area contributed by atoms with E-state index < -0.39 is 6.36 Å². The van der Waals surface area contributed by atoms with Gasteiger partial charge < -0.3 is 9.47 Å². The monoisotopic (exact) mass is 278 g/mol. The average Bonchev–Trinajstić information content (AvgIpc) is 2.34. The van der Waals surface area contributed by atoms with Gasteiger partial charge >= 0.3 is 6.36 Å². The van der Waals surface area contributed by atoms with Gasteiger partial charge in [-0.1, -0.05) is 12.1 Å². The van der Waals surface area contributed by atoms with Crippen LogP contribution in [-0.2, 0) is 11.2 Å². The third-order valence-electron chi connectivity index (χ3n) is 2.40. The number of hydrazine groups is 1. The fraction of sp³-hybridized carbons (Fsp3) is 0.500. The standard InChI is InChI=1S/C12H17F3N2O2/c1-2-18-8-10(17-16)7-9-3-5-11(6-4-9)19-12(13,14)15/h3-6,10,17H,2,7-8,16H2,1H3. The van der Waals surface area contributed by atoms with Crippen molar-refractivity contribution in [2.75, 3.05) is 13.2 Å². The molecular formula is C12H17F3N2O2. The van der Waals surface area contributed by atoms with Gasteiger partial charge in [-0.3, -0.25) is 11.3 Å². The molecule has 0 fully saturated rings. The van der Waals surface area contributed by atoms with Gasteiger partial charge in [0.25, 0.3) is 0 Å². The van der Waals surface area contributed by atoms with E-state index in [2.05, 4.69) is 10.2 Å². The van der Waals surface area contributed by atoms with E-state index in [0.29, 0.717) is 19.6 Å². The van der Waals surface area contributed by atoms with Crippen LogP contribution in [0.2, 0.25) is 0 Å². The molecule has 0 aliphatic rings. The molecule has 108 valence electrons. The number of hydrogen-bond acceptors (Lipinski definition) is 4. The fourth-order valence-corrected chi connectivity index (χ4v) is 1.54. The van der Waals surface area contributed by atoms with E-state index in [-0.39, 0.29) is 11.8 Å². The summed E-state index contributed by atoms with van der Waals surface area (Å²) in [5.74, 6) is 5.13. The van der Waals surface area contributed by atoms with Crippen molar-refractivity contribution >= 4 is 0 Å². The number of benzene rings is 1. The van der Waals surface area contributed by atoms with Crippen LogP contribution in [-0.4, -0.2) is 25.6 Å². The van der Waals surface area contributed by atoms with Gasteiger partial charge in [-0.05, 0) is 31.0 Å². The molecule has 0 amide bonds. The SMILES string of the molecule is CCOCC(Cc1ccc(OC(F)(F)F)cc1)NN. The normalized spacial score (nSPS) is 13.3. The first-order chi connectivity index (χ1) is 8.94. The lowest BCUT2D eigenvalue weighted by molar-refractivity contribution is -0.274. The summed E-state index contributed by atoms with van der Waals surface area (Å²) in [5.41, 5.74) is 3.45. The Morgan fingerprint density at radius 2 is 1.89 bits per heavy atom. The Bertz CT molecular complexity index is 368. The van der Waals surface area contributed by atoms with E-state index in [1.807, 2.05) is 6.92 Å². The lowest BCUT2D eigenvalue weighted by atomic mass is 10.1. The van der Waals surface area contributed by atoms with E-state index in [4.69, 9.17) is 10.6 Å². The minimum absolute atomic E-state index is 0.0886. The number of alkyl halides is 3. The van der Waals surface area contributed by atoms with Crippen molar-refractivity contribution in [3.8, 4) is 5.75 Å². The molecule has 0 aromatic heterocycles. The summed E-state index contributed by atoms with van der Waals surface area (Å²) in [6.07, 6.45) is -4.11. The van der Waals surface area contributed by atoms with Gasteiger partial charge in [-0.2, -0.15) is 0 Å². The van der Waals surface area contributed by atoms with Crippen LogP contribution in [0, 0.1) is 0 Å². The van der Waals surface area contributed by atoms with Gasteiger partial charge in [0.1, 0.15) is 5.75 Å². The average molecular weight is 278 g/mol. The van der Waals surface area contributed by atoms with Crippen molar-refractivity contribution < 1.29 is 22.6 Å². The highest BCUT2D eigenvalue weighted by Crippen LogP contribution is 2.22. The molecule has 0 saturated carbocycles. The van der Waals surface area contributed by atoms with Crippen LogP contribution in [0.3, 0.4) is 0 Å². The number of halogens is 3. The zero-order chi connectivity index (χ0) is 14.3. The van der Waals surface area contributed by atoms with E-state index in [1.165, 1.54) is 12.1 Å². The second kappa shape index (κ2) is 7.32. The predicted octanol–water partition coefficient (Wildman–Crippen LogP) is 2.00. The van der Waals surface area contributed by atoms with Crippen LogP contribution in [0.4, 0.5) is 13.2 Å². The highest BCUT2D eigenvalue weighted by Gasteiger charge is 2.30. The highest BCUT2D eigenvalue weighted by molar-refractivity contribution is 5.27. The molecule has 0 saturated heterocycles. The minimum Gasteiger partial charge on any atom is -0.406 e. The second-order valence-corrected chi connectivity index (χ2v) is 3.92. The molecule has 1 unspecified atom stereocenters. The zero-order valence-corrected chi connectivity index (χ0v) is 10.5. The van der Waals surface area contributed by atoms with Gasteiger partial charge in [0, 0.05) is 12.6 Å². The Labute approximate surface area is 109 Å². The predicted molar refractivity (Wildman–Crippen MR) is 64.4 cm³/mol. The lowest BCUT2D eigenvalue weighted by Gasteiger charge is -2.16. The molecule has 3 N–H and O–H groups in total. The lowest BCUT2D eigenvalue weighted by Crippen LogP contribution is -2.40. The van der Waals surface area contributed by atoms with Crippen molar-refractivity contribution in [3.05, 3.63) is 29.8 Å². The molecule has 0 aliphatic heterocycles. The Balaban J connectivity index is 2.55. The third-order valence-corrected chi connectivity index (χ3v) is 2.40. The maximum Gasteiger partial charge on any atom is 0.573 e. The van der Waals surface area contributed by atoms with E-state index in [9.17, 15) is 13.2 Å². The number of nitrogens with one attached hydrogen (secondary N) is 1. The van der Waals surface area contributed by atoms with E-state index in [0.717, 1.165) is 5.56 Å². The van der Waals surface area contributed by atoms with Gasteiger partial charge in [0.15, 0.2) is 0 Å². The first-order valence-electron chi connectivity index (χ1n) is 5.83. The van der Waals surface area contributed by atoms with Crippen molar-refractivity contribution in [3.63, 3.8) is 0 Å². The fourth-order valence-electron chi connectivity index (χ4n) is 1.54. The first-order valence-corrected chi connectivity index (χ1v) is 5.83. The Morgan fingerprint density at radius 1 is 1.26 bits per heavy atom. The van der Waals surface area contributed by atoms with Crippen molar-refractivity contribution in [2.24, 2.45) is 5.84 Å². The summed E-state index contributed by atoms with van der Waals surface area (Å²) in [5, 5.41) is 0. The molecule has 0 heterocycles. The first kappa shape index (κ1) is 15.7. The molecule has 1 aromatic carbocycles. The topological polar surface area (TPSA) is 56.5 Å². The van der Waals surface area contributed by atoms with Gasteiger partial charge in [-0.15, -0.1) is 13.2 Å². The maximum absolute atomic E-state index is 12.0. The number of ether oxygens (including phenoxy) is 2. The Morgan fingerprint density at radius 3 is 2.37 bits per heavy atom. The van der Waals surface area contributed by atoms with Gasteiger partial charge in [0.05, 0.1) is 6.61 Å². The number of hydrogen-bond donors (Lipinski definition) is 2. The Kier molecular flexibility index (Phi) is 6.07. The molecule has 1 atom stereocenters. The summed E-state index contributed by atoms with van der Waals surface area (Å²) in [6.45, 7) is 2.89. The summed E-state index contributed by atoms with van der Waals surface area (Å²) >= 11 is 0. The summed E-state index contributed by atoms with van der Waals surface area (Å²) in [4.78, 5) is 0. The molecule has 19 heavy (non-hydrogen) atoms. The summed E-state index contributed by atoms with van der Waals surface area (Å²) in [7, 11) is 0. The van der Waals surface area contributed by atoms with Crippen molar-refractivity contribution in [1.29, 1.82) is 0 Å². The molecule has 0 aliphatic carbocycles.